The van der Waals surface area contributed by atoms with E-state index in [0.29, 0.717) is 49.7 Å². The summed E-state index contributed by atoms with van der Waals surface area (Å²) in [5, 5.41) is 0. The van der Waals surface area contributed by atoms with Crippen LogP contribution in [-0.2, 0) is 10.2 Å². The molecule has 1 saturated carbocycles. The summed E-state index contributed by atoms with van der Waals surface area (Å²) in [6.07, 6.45) is 6.13. The fourth-order valence-corrected chi connectivity index (χ4v) is 6.96. The van der Waals surface area contributed by atoms with Crippen molar-refractivity contribution in [3.05, 3.63) is 41.9 Å². The highest BCUT2D eigenvalue weighted by Gasteiger charge is 2.46. The van der Waals surface area contributed by atoms with E-state index < -0.39 is 21.8 Å². The molecular weight excluding hydrogens is 398 g/mol. The van der Waals surface area contributed by atoms with E-state index in [9.17, 15) is 17.2 Å². The summed E-state index contributed by atoms with van der Waals surface area (Å²) < 4.78 is 56.0. The summed E-state index contributed by atoms with van der Waals surface area (Å²) >= 11 is 0. The number of aromatic amines is 1. The molecule has 2 saturated heterocycles. The van der Waals surface area contributed by atoms with Crippen molar-refractivity contribution in [3.63, 3.8) is 0 Å². The van der Waals surface area contributed by atoms with Crippen LogP contribution in [0.2, 0.25) is 0 Å². The van der Waals surface area contributed by atoms with Gasteiger partial charge in [0.1, 0.15) is 5.82 Å². The lowest BCUT2D eigenvalue weighted by atomic mass is 9.97. The van der Waals surface area contributed by atoms with Crippen LogP contribution < -0.4 is 0 Å². The Morgan fingerprint density at radius 2 is 1.86 bits per heavy atom. The lowest BCUT2D eigenvalue weighted by Gasteiger charge is -2.36. The van der Waals surface area contributed by atoms with E-state index in [2.05, 4.69) is 9.97 Å². The van der Waals surface area contributed by atoms with Gasteiger partial charge in [-0.2, -0.15) is 17.0 Å². The molecule has 1 N–H and O–H groups in total. The van der Waals surface area contributed by atoms with Gasteiger partial charge >= 0.3 is 0 Å². The number of imidazole rings is 1. The summed E-state index contributed by atoms with van der Waals surface area (Å²) in [6.45, 7) is 1.62. The molecule has 1 aromatic heterocycles. The van der Waals surface area contributed by atoms with Crippen molar-refractivity contribution >= 4 is 10.2 Å². The van der Waals surface area contributed by atoms with Gasteiger partial charge in [0.15, 0.2) is 11.6 Å². The van der Waals surface area contributed by atoms with Gasteiger partial charge in [-0.1, -0.05) is 0 Å². The van der Waals surface area contributed by atoms with Crippen LogP contribution in [0.1, 0.15) is 43.8 Å². The normalized spacial score (nSPS) is 26.4. The number of hydrogen-bond donors (Lipinski definition) is 1. The third kappa shape index (κ3) is 3.39. The first-order valence-corrected chi connectivity index (χ1v) is 11.6. The molecule has 2 aromatic rings. The van der Waals surface area contributed by atoms with E-state index in [1.54, 1.807) is 14.8 Å². The number of halogens is 2. The highest BCUT2D eigenvalue weighted by Crippen LogP contribution is 2.40. The second-order valence-corrected chi connectivity index (χ2v) is 10.3. The molecule has 9 heteroatoms. The summed E-state index contributed by atoms with van der Waals surface area (Å²) in [5.74, 6) is -0.358. The molecule has 156 valence electrons. The molecule has 2 aliphatic heterocycles. The number of nitrogens with one attached hydrogen (secondary N) is 1. The molecule has 2 unspecified atom stereocenters. The molecule has 3 fully saturated rings. The molecule has 1 aromatic carbocycles. The Labute approximate surface area is 169 Å². The van der Waals surface area contributed by atoms with E-state index in [4.69, 9.17) is 0 Å². The van der Waals surface area contributed by atoms with E-state index in [1.165, 1.54) is 6.07 Å². The predicted molar refractivity (Wildman–Crippen MR) is 104 cm³/mol. The number of fused-ring (bicyclic) bond motifs is 2. The minimum atomic E-state index is -3.39. The van der Waals surface area contributed by atoms with Gasteiger partial charge in [0.25, 0.3) is 10.2 Å². The summed E-state index contributed by atoms with van der Waals surface area (Å²) in [6, 6.07) is 3.94. The van der Waals surface area contributed by atoms with Gasteiger partial charge in [0, 0.05) is 37.2 Å². The van der Waals surface area contributed by atoms with E-state index in [1.807, 2.05) is 0 Å². The third-order valence-electron chi connectivity index (χ3n) is 6.65. The van der Waals surface area contributed by atoms with E-state index >= 15 is 0 Å². The molecule has 3 heterocycles. The first kappa shape index (κ1) is 19.1. The van der Waals surface area contributed by atoms with Crippen LogP contribution in [-0.4, -0.2) is 52.7 Å². The van der Waals surface area contributed by atoms with Crippen molar-refractivity contribution < 1.29 is 17.2 Å². The lowest BCUT2D eigenvalue weighted by Crippen LogP contribution is -2.49. The second kappa shape index (κ2) is 7.14. The fraction of sp³-hybridized carbons (Fsp3) is 0.550. The van der Waals surface area contributed by atoms with Crippen LogP contribution in [0.5, 0.6) is 0 Å². The van der Waals surface area contributed by atoms with E-state index in [-0.39, 0.29) is 12.0 Å². The molecule has 0 amide bonds. The summed E-state index contributed by atoms with van der Waals surface area (Å²) in [5.41, 5.74) is 1.16. The Bertz CT molecular complexity index is 1020. The van der Waals surface area contributed by atoms with Gasteiger partial charge in [-0.3, -0.25) is 0 Å². The number of aromatic nitrogens is 2. The van der Waals surface area contributed by atoms with Gasteiger partial charge in [-0.15, -0.1) is 0 Å². The molecule has 6 nitrogen and oxygen atoms in total. The highest BCUT2D eigenvalue weighted by molar-refractivity contribution is 7.86. The van der Waals surface area contributed by atoms with Crippen LogP contribution in [0.3, 0.4) is 0 Å². The van der Waals surface area contributed by atoms with Crippen molar-refractivity contribution in [2.24, 2.45) is 5.92 Å². The Balaban J connectivity index is 1.25. The Kier molecular flexibility index (Phi) is 4.71. The van der Waals surface area contributed by atoms with Crippen LogP contribution >= 0.6 is 0 Å². The molecule has 2 atom stereocenters. The standard InChI is InChI=1S/C20H24F2N4O2S/c21-17-4-2-15(10-18(17)22)19-11-23-20(24-19)14-5-7-25(8-6-14)29(27,28)26-12-13-1-3-16(26)9-13/h2,4,10-11,13-14,16H,1,3,5-9,12H2,(H,23,24). The van der Waals surface area contributed by atoms with Crippen molar-refractivity contribution in [1.82, 2.24) is 18.6 Å². The van der Waals surface area contributed by atoms with Gasteiger partial charge < -0.3 is 4.98 Å². The van der Waals surface area contributed by atoms with Crippen LogP contribution in [0.15, 0.2) is 24.4 Å². The minimum absolute atomic E-state index is 0.121. The highest BCUT2D eigenvalue weighted by atomic mass is 32.2. The Hall–Kier alpha value is -1.84. The van der Waals surface area contributed by atoms with Gasteiger partial charge in [0.05, 0.1) is 11.9 Å². The fourth-order valence-electron chi connectivity index (χ4n) is 5.02. The molecule has 0 spiro atoms. The molecule has 2 bridgehead atoms. The van der Waals surface area contributed by atoms with Gasteiger partial charge in [-0.25, -0.2) is 13.8 Å². The quantitative estimate of drug-likeness (QED) is 0.822. The largest absolute Gasteiger partial charge is 0.342 e. The summed E-state index contributed by atoms with van der Waals surface area (Å²) in [4.78, 5) is 7.61. The van der Waals surface area contributed by atoms with Crippen molar-refractivity contribution in [3.8, 4) is 11.3 Å². The number of H-pyrrole nitrogens is 1. The molecule has 29 heavy (non-hydrogen) atoms. The lowest BCUT2D eigenvalue weighted by molar-refractivity contribution is 0.262. The molecule has 3 aliphatic rings. The van der Waals surface area contributed by atoms with Gasteiger partial charge in [0.2, 0.25) is 0 Å². The van der Waals surface area contributed by atoms with Crippen molar-refractivity contribution in [2.45, 2.75) is 44.1 Å². The maximum atomic E-state index is 13.5. The zero-order valence-electron chi connectivity index (χ0n) is 16.0. The average molecular weight is 423 g/mol. The van der Waals surface area contributed by atoms with Crippen LogP contribution in [0, 0.1) is 17.6 Å². The number of piperidine rings is 2. The maximum absolute atomic E-state index is 13.5. The number of rotatable bonds is 4. The zero-order valence-corrected chi connectivity index (χ0v) is 16.8. The smallest absolute Gasteiger partial charge is 0.282 e. The average Bonchev–Trinajstić information content (AvgIpc) is 3.47. The van der Waals surface area contributed by atoms with Crippen LogP contribution in [0.25, 0.3) is 11.3 Å². The Morgan fingerprint density at radius 1 is 1.07 bits per heavy atom. The first-order chi connectivity index (χ1) is 13.9. The first-order valence-electron chi connectivity index (χ1n) is 10.2. The Morgan fingerprint density at radius 3 is 2.52 bits per heavy atom. The SMILES string of the molecule is O=S(=O)(N1CCC(c2ncc(-c3ccc(F)c(F)c3)[nH]2)CC1)N1CC2CCC1C2. The molecular formula is C20H24F2N4O2S. The second-order valence-electron chi connectivity index (χ2n) is 8.39. The van der Waals surface area contributed by atoms with Crippen molar-refractivity contribution in [2.75, 3.05) is 19.6 Å². The third-order valence-corrected chi connectivity index (χ3v) is 8.71. The minimum Gasteiger partial charge on any atom is -0.342 e. The molecule has 0 radical (unpaired) electrons. The number of hydrogen-bond acceptors (Lipinski definition) is 3. The monoisotopic (exact) mass is 422 g/mol. The van der Waals surface area contributed by atoms with Crippen LogP contribution in [0.4, 0.5) is 8.78 Å². The molecule has 5 rings (SSSR count). The van der Waals surface area contributed by atoms with Gasteiger partial charge in [-0.05, 0) is 56.2 Å². The maximum Gasteiger partial charge on any atom is 0.282 e. The molecule has 1 aliphatic carbocycles. The van der Waals surface area contributed by atoms with Crippen molar-refractivity contribution in [1.29, 1.82) is 0 Å². The zero-order chi connectivity index (χ0) is 20.2. The predicted octanol–water partition coefficient (Wildman–Crippen LogP) is 3.26. The van der Waals surface area contributed by atoms with E-state index in [0.717, 1.165) is 37.2 Å². The summed E-state index contributed by atoms with van der Waals surface area (Å²) in [7, 11) is -3.39. The number of nitrogens with zero attached hydrogens (tertiary/aromatic N) is 3. The topological polar surface area (TPSA) is 69.3 Å². The number of benzene rings is 1.